The van der Waals surface area contributed by atoms with Gasteiger partial charge in [-0.1, -0.05) is 12.1 Å². The second kappa shape index (κ2) is 10.3. The van der Waals surface area contributed by atoms with Crippen LogP contribution in [0.15, 0.2) is 41.9 Å². The molecule has 0 radical (unpaired) electrons. The first kappa shape index (κ1) is 24.0. The van der Waals surface area contributed by atoms with Crippen LogP contribution in [-0.4, -0.2) is 65.5 Å². The molecule has 4 rings (SSSR count). The number of amides is 1. The fraction of sp³-hybridized carbons (Fsp3) is 0.476. The van der Waals surface area contributed by atoms with Crippen molar-refractivity contribution in [1.29, 1.82) is 0 Å². The van der Waals surface area contributed by atoms with Gasteiger partial charge < -0.3 is 19.5 Å². The van der Waals surface area contributed by atoms with E-state index in [0.717, 1.165) is 37.3 Å². The summed E-state index contributed by atoms with van der Waals surface area (Å²) in [6, 6.07) is 9.48. The number of nitrogens with zero attached hydrogens (tertiary/aromatic N) is 2. The Hall–Kier alpha value is -2.66. The number of ether oxygens (including phenoxy) is 2. The molecule has 2 aromatic heterocycles. The Morgan fingerprint density at radius 1 is 1.31 bits per heavy atom. The van der Waals surface area contributed by atoms with E-state index in [1.54, 1.807) is 6.20 Å². The van der Waals surface area contributed by atoms with E-state index in [4.69, 9.17) is 19.4 Å². The van der Waals surface area contributed by atoms with Gasteiger partial charge in [-0.25, -0.2) is 9.78 Å². The van der Waals surface area contributed by atoms with Gasteiger partial charge in [-0.2, -0.15) is 13.2 Å². The number of halogens is 3. The molecule has 2 aromatic rings. The van der Waals surface area contributed by atoms with Crippen LogP contribution in [0.3, 0.4) is 0 Å². The maximum Gasteiger partial charge on any atom is 0.490 e. The fourth-order valence-corrected chi connectivity index (χ4v) is 4.57. The number of aliphatic carboxylic acids is 1. The number of pyridine rings is 1. The molecule has 2 aliphatic heterocycles. The highest BCUT2D eigenvalue weighted by Crippen LogP contribution is 2.41. The molecule has 0 aromatic carbocycles. The molecular formula is C21H23F3N2O5S. The predicted octanol–water partition coefficient (Wildman–Crippen LogP) is 3.87. The number of alkyl halides is 3. The van der Waals surface area contributed by atoms with E-state index in [-0.39, 0.29) is 17.4 Å². The summed E-state index contributed by atoms with van der Waals surface area (Å²) in [5, 5.41) is 9.07. The van der Waals surface area contributed by atoms with Gasteiger partial charge in [-0.15, -0.1) is 11.3 Å². The normalized spacial score (nSPS) is 22.8. The number of fused-ring (bicyclic) bond motifs is 1. The van der Waals surface area contributed by atoms with Crippen LogP contribution >= 0.6 is 11.3 Å². The van der Waals surface area contributed by atoms with Crippen LogP contribution in [0, 0.1) is 5.41 Å². The Morgan fingerprint density at radius 2 is 2.09 bits per heavy atom. The van der Waals surface area contributed by atoms with Crippen molar-refractivity contribution in [1.82, 2.24) is 9.88 Å². The molecular weight excluding hydrogens is 449 g/mol. The Balaban J connectivity index is 0.000000360. The van der Waals surface area contributed by atoms with Crippen molar-refractivity contribution in [3.05, 3.63) is 46.8 Å². The van der Waals surface area contributed by atoms with Crippen molar-refractivity contribution in [2.75, 3.05) is 26.3 Å². The quantitative estimate of drug-likeness (QED) is 0.727. The Bertz CT molecular complexity index is 895. The van der Waals surface area contributed by atoms with E-state index in [2.05, 4.69) is 4.98 Å². The molecule has 0 spiro atoms. The number of carbonyl (C=O) groups excluding carboxylic acids is 1. The number of thiophene rings is 1. The van der Waals surface area contributed by atoms with Crippen molar-refractivity contribution in [2.45, 2.75) is 31.5 Å². The molecule has 2 unspecified atom stereocenters. The number of hydrogen-bond donors (Lipinski definition) is 1. The lowest BCUT2D eigenvalue weighted by Gasteiger charge is -2.50. The third kappa shape index (κ3) is 5.98. The Labute approximate surface area is 186 Å². The number of rotatable bonds is 4. The van der Waals surface area contributed by atoms with Gasteiger partial charge in [0.1, 0.15) is 0 Å². The highest BCUT2D eigenvalue weighted by atomic mass is 32.1. The summed E-state index contributed by atoms with van der Waals surface area (Å²) in [5.74, 6) is -2.01. The molecule has 1 amide bonds. The molecule has 174 valence electrons. The first-order chi connectivity index (χ1) is 15.2. The second-order valence-corrected chi connectivity index (χ2v) is 8.53. The highest BCUT2D eigenvalue weighted by Gasteiger charge is 2.48. The van der Waals surface area contributed by atoms with Crippen molar-refractivity contribution in [2.24, 2.45) is 5.41 Å². The Kier molecular flexibility index (Phi) is 7.73. The summed E-state index contributed by atoms with van der Waals surface area (Å²) in [6.45, 7) is 2.76. The van der Waals surface area contributed by atoms with Gasteiger partial charge in [-0.05, 0) is 36.8 Å². The van der Waals surface area contributed by atoms with Crippen molar-refractivity contribution in [3.63, 3.8) is 0 Å². The Morgan fingerprint density at radius 3 is 2.72 bits per heavy atom. The number of hydrogen-bond acceptors (Lipinski definition) is 6. The largest absolute Gasteiger partial charge is 0.490 e. The average Bonchev–Trinajstić information content (AvgIpc) is 3.32. The van der Waals surface area contributed by atoms with Crippen LogP contribution in [0.2, 0.25) is 0 Å². The number of aromatic nitrogens is 1. The smallest absolute Gasteiger partial charge is 0.477 e. The molecule has 7 nitrogen and oxygen atoms in total. The minimum Gasteiger partial charge on any atom is -0.477 e. The minimum absolute atomic E-state index is 0.122. The highest BCUT2D eigenvalue weighted by molar-refractivity contribution is 7.12. The monoisotopic (exact) mass is 472 g/mol. The number of carboxylic acids is 1. The lowest BCUT2D eigenvalue weighted by Crippen LogP contribution is -2.58. The van der Waals surface area contributed by atoms with Gasteiger partial charge in [-0.3, -0.25) is 4.79 Å². The SMILES string of the molecule is O=C(O)C(F)(F)F.O=C(c1cccs1)N1CCC2OCCCC2(COc2ccccn2)C1. The molecule has 2 saturated heterocycles. The van der Waals surface area contributed by atoms with Crippen molar-refractivity contribution in [3.8, 4) is 5.88 Å². The zero-order valence-corrected chi connectivity index (χ0v) is 17.9. The van der Waals surface area contributed by atoms with Gasteiger partial charge in [0, 0.05) is 37.4 Å². The van der Waals surface area contributed by atoms with E-state index >= 15 is 0 Å². The van der Waals surface area contributed by atoms with E-state index in [9.17, 15) is 18.0 Å². The van der Waals surface area contributed by atoms with Gasteiger partial charge in [0.15, 0.2) is 0 Å². The summed E-state index contributed by atoms with van der Waals surface area (Å²) >= 11 is 1.50. The summed E-state index contributed by atoms with van der Waals surface area (Å²) in [5.41, 5.74) is -0.152. The minimum atomic E-state index is -5.08. The van der Waals surface area contributed by atoms with Crippen LogP contribution in [0.1, 0.15) is 28.9 Å². The molecule has 2 fully saturated rings. The molecule has 11 heteroatoms. The molecule has 32 heavy (non-hydrogen) atoms. The van der Waals surface area contributed by atoms with Gasteiger partial charge in [0.05, 0.1) is 17.6 Å². The van der Waals surface area contributed by atoms with Crippen molar-refractivity contribution < 1.29 is 37.3 Å². The van der Waals surface area contributed by atoms with Crippen LogP contribution < -0.4 is 4.74 Å². The van der Waals surface area contributed by atoms with Crippen molar-refractivity contribution >= 4 is 23.2 Å². The average molecular weight is 472 g/mol. The zero-order valence-electron chi connectivity index (χ0n) is 17.1. The van der Waals surface area contributed by atoms with E-state index < -0.39 is 12.1 Å². The molecule has 0 saturated carbocycles. The third-order valence-corrected chi connectivity index (χ3v) is 6.25. The predicted molar refractivity (Wildman–Crippen MR) is 110 cm³/mol. The number of likely N-dealkylation sites (tertiary alicyclic amines) is 1. The first-order valence-corrected chi connectivity index (χ1v) is 10.9. The molecule has 0 aliphatic carbocycles. The van der Waals surface area contributed by atoms with E-state index in [0.29, 0.717) is 19.0 Å². The van der Waals surface area contributed by atoms with Gasteiger partial charge >= 0.3 is 12.1 Å². The fourth-order valence-electron chi connectivity index (χ4n) is 3.88. The molecule has 2 aliphatic rings. The molecule has 4 heterocycles. The summed E-state index contributed by atoms with van der Waals surface area (Å²) in [4.78, 5) is 28.7. The summed E-state index contributed by atoms with van der Waals surface area (Å²) < 4.78 is 43.8. The number of carbonyl (C=O) groups is 2. The van der Waals surface area contributed by atoms with Gasteiger partial charge in [0.25, 0.3) is 5.91 Å². The van der Waals surface area contributed by atoms with Crippen LogP contribution in [-0.2, 0) is 9.53 Å². The maximum absolute atomic E-state index is 12.8. The molecule has 2 atom stereocenters. The summed E-state index contributed by atoms with van der Waals surface area (Å²) in [6.07, 6.45) is -0.322. The number of piperidine rings is 1. The second-order valence-electron chi connectivity index (χ2n) is 7.58. The molecule has 0 bridgehead atoms. The van der Waals surface area contributed by atoms with Gasteiger partial charge in [0.2, 0.25) is 5.88 Å². The van der Waals surface area contributed by atoms with Crippen LogP contribution in [0.4, 0.5) is 13.2 Å². The first-order valence-electron chi connectivity index (χ1n) is 10.00. The van der Waals surface area contributed by atoms with E-state index in [1.807, 2.05) is 40.6 Å². The lowest BCUT2D eigenvalue weighted by molar-refractivity contribution is -0.192. The maximum atomic E-state index is 12.8. The third-order valence-electron chi connectivity index (χ3n) is 5.39. The summed E-state index contributed by atoms with van der Waals surface area (Å²) in [7, 11) is 0. The van der Waals surface area contributed by atoms with Crippen LogP contribution in [0.25, 0.3) is 0 Å². The number of carboxylic acid groups (broad SMARTS) is 1. The van der Waals surface area contributed by atoms with E-state index in [1.165, 1.54) is 11.3 Å². The zero-order chi connectivity index (χ0) is 23.2. The molecule has 1 N–H and O–H groups in total. The van der Waals surface area contributed by atoms with Crippen LogP contribution in [0.5, 0.6) is 5.88 Å². The topological polar surface area (TPSA) is 89.0 Å². The standard InChI is InChI=1S/C19H22N2O3S.C2HF3O2/c22-18(15-5-3-12-25-15)21-10-7-16-19(13-21,8-4-11-23-16)14-24-17-6-1-2-9-20-17;3-2(4,5)1(6)7/h1-3,5-6,9,12,16H,4,7-8,10-11,13-14H2;(H,6,7). The lowest BCUT2D eigenvalue weighted by atomic mass is 9.73.